The molecule has 0 aliphatic rings. The third-order valence-electron chi connectivity index (χ3n) is 5.19. The molecule has 2 aromatic rings. The molecule has 34 heavy (non-hydrogen) atoms. The van der Waals surface area contributed by atoms with E-state index in [1.165, 1.54) is 0 Å². The second kappa shape index (κ2) is 11.2. The fourth-order valence-electron chi connectivity index (χ4n) is 3.18. The van der Waals surface area contributed by atoms with Gasteiger partial charge in [0.25, 0.3) is 5.91 Å². The molecule has 9 heteroatoms. The number of thiophene rings is 1. The maximum atomic E-state index is 12.9. The molecule has 0 aliphatic heterocycles. The Morgan fingerprint density at radius 2 is 1.76 bits per heavy atom. The third kappa shape index (κ3) is 6.35. The zero-order chi connectivity index (χ0) is 25.6. The van der Waals surface area contributed by atoms with Gasteiger partial charge in [-0.15, -0.1) is 11.3 Å². The van der Waals surface area contributed by atoms with Crippen molar-refractivity contribution in [1.82, 2.24) is 5.32 Å². The van der Waals surface area contributed by atoms with Gasteiger partial charge in [-0.05, 0) is 36.0 Å². The van der Waals surface area contributed by atoms with Crippen LogP contribution in [0.1, 0.15) is 78.3 Å². The van der Waals surface area contributed by atoms with Gasteiger partial charge in [-0.1, -0.05) is 46.8 Å². The van der Waals surface area contributed by atoms with Gasteiger partial charge in [-0.3, -0.25) is 4.79 Å². The highest BCUT2D eigenvalue weighted by Gasteiger charge is 2.29. The van der Waals surface area contributed by atoms with Crippen LogP contribution >= 0.6 is 11.3 Å². The van der Waals surface area contributed by atoms with Crippen LogP contribution in [0.3, 0.4) is 0 Å². The minimum atomic E-state index is -0.928. The number of nitrogen functional groups attached to an aromatic ring is 1. The highest BCUT2D eigenvalue weighted by atomic mass is 32.1. The molecule has 0 fully saturated rings. The molecule has 0 spiro atoms. The maximum absolute atomic E-state index is 12.9. The molecule has 2 rings (SSSR count). The van der Waals surface area contributed by atoms with Gasteiger partial charge in [0, 0.05) is 11.1 Å². The summed E-state index contributed by atoms with van der Waals surface area (Å²) in [6.45, 7) is 11.3. The number of ether oxygens (including phenoxy) is 2. The second-order valence-corrected chi connectivity index (χ2v) is 10.2. The van der Waals surface area contributed by atoms with Gasteiger partial charge in [0.1, 0.15) is 28.6 Å². The highest BCUT2D eigenvalue weighted by molar-refractivity contribution is 7.18. The molecule has 0 saturated heterocycles. The lowest BCUT2D eigenvalue weighted by atomic mass is 9.86. The normalized spacial score (nSPS) is 12.1. The van der Waals surface area contributed by atoms with Crippen LogP contribution < -0.4 is 11.1 Å². The van der Waals surface area contributed by atoms with Crippen molar-refractivity contribution < 1.29 is 23.9 Å². The van der Waals surface area contributed by atoms with Crippen LogP contribution in [0.4, 0.5) is 5.00 Å². The van der Waals surface area contributed by atoms with E-state index in [1.54, 1.807) is 32.9 Å². The van der Waals surface area contributed by atoms with E-state index >= 15 is 0 Å². The standard InChI is InChI=1S/C25H31N3O5S/c1-7-32-24(31)20-18(17(12-26)21(27)34-20)13-33-23(30)19(14(2)3)28-22(29)15-8-10-16(11-9-15)25(4,5)6/h8-11,14,19H,7,13,27H2,1-6H3,(H,28,29). The number of nitrogens with two attached hydrogens (primary N) is 1. The Morgan fingerprint density at radius 3 is 2.26 bits per heavy atom. The molecule has 1 aromatic heterocycles. The average molecular weight is 486 g/mol. The van der Waals surface area contributed by atoms with E-state index in [0.29, 0.717) is 5.56 Å². The summed E-state index contributed by atoms with van der Waals surface area (Å²) in [6, 6.07) is 8.23. The van der Waals surface area contributed by atoms with Gasteiger partial charge in [-0.25, -0.2) is 9.59 Å². The molecule has 1 aromatic carbocycles. The number of nitriles is 1. The SMILES string of the molecule is CCOC(=O)c1sc(N)c(C#N)c1COC(=O)C(NC(=O)c1ccc(C(C)(C)C)cc1)C(C)C. The van der Waals surface area contributed by atoms with Crippen LogP contribution in [0.5, 0.6) is 0 Å². The Balaban J connectivity index is 2.17. The lowest BCUT2D eigenvalue weighted by Crippen LogP contribution is -2.45. The monoisotopic (exact) mass is 485 g/mol. The van der Waals surface area contributed by atoms with Crippen LogP contribution in [0.25, 0.3) is 0 Å². The van der Waals surface area contributed by atoms with Gasteiger partial charge in [-0.2, -0.15) is 5.26 Å². The van der Waals surface area contributed by atoms with Crippen molar-refractivity contribution in [3.63, 3.8) is 0 Å². The lowest BCUT2D eigenvalue weighted by molar-refractivity contribution is -0.148. The van der Waals surface area contributed by atoms with E-state index in [1.807, 2.05) is 18.2 Å². The lowest BCUT2D eigenvalue weighted by Gasteiger charge is -2.22. The molecule has 1 amide bonds. The van der Waals surface area contributed by atoms with Crippen molar-refractivity contribution in [3.05, 3.63) is 51.4 Å². The number of carbonyl (C=O) groups is 3. The molecule has 3 N–H and O–H groups in total. The molecule has 0 aliphatic carbocycles. The molecule has 8 nitrogen and oxygen atoms in total. The van der Waals surface area contributed by atoms with E-state index in [0.717, 1.165) is 16.9 Å². The van der Waals surface area contributed by atoms with E-state index in [9.17, 15) is 19.6 Å². The van der Waals surface area contributed by atoms with E-state index < -0.39 is 23.9 Å². The number of anilines is 1. The van der Waals surface area contributed by atoms with Crippen LogP contribution in [-0.4, -0.2) is 30.5 Å². The van der Waals surface area contributed by atoms with Crippen molar-refractivity contribution in [3.8, 4) is 6.07 Å². The van der Waals surface area contributed by atoms with Gasteiger partial charge in [0.2, 0.25) is 0 Å². The molecule has 1 unspecified atom stereocenters. The summed E-state index contributed by atoms with van der Waals surface area (Å²) in [7, 11) is 0. The molecule has 0 radical (unpaired) electrons. The van der Waals surface area contributed by atoms with Crippen molar-refractivity contribution in [1.29, 1.82) is 5.26 Å². The topological polar surface area (TPSA) is 132 Å². The average Bonchev–Trinajstić information content (AvgIpc) is 3.10. The van der Waals surface area contributed by atoms with E-state index in [4.69, 9.17) is 15.2 Å². The van der Waals surface area contributed by atoms with Crippen molar-refractivity contribution in [2.45, 2.75) is 59.6 Å². The van der Waals surface area contributed by atoms with Crippen LogP contribution in [0.2, 0.25) is 0 Å². The molecule has 182 valence electrons. The summed E-state index contributed by atoms with van der Waals surface area (Å²) in [5.41, 5.74) is 7.60. The predicted molar refractivity (Wildman–Crippen MR) is 130 cm³/mol. The van der Waals surface area contributed by atoms with Gasteiger partial charge < -0.3 is 20.5 Å². The number of nitrogens with one attached hydrogen (secondary N) is 1. The molecule has 0 bridgehead atoms. The second-order valence-electron chi connectivity index (χ2n) is 9.11. The van der Waals surface area contributed by atoms with Crippen LogP contribution in [0, 0.1) is 17.2 Å². The fraction of sp³-hybridized carbons (Fsp3) is 0.440. The predicted octanol–water partition coefficient (Wildman–Crippen LogP) is 4.17. The number of hydrogen-bond acceptors (Lipinski definition) is 8. The first kappa shape index (κ1) is 26.9. The summed E-state index contributed by atoms with van der Waals surface area (Å²) < 4.78 is 10.4. The Morgan fingerprint density at radius 1 is 1.15 bits per heavy atom. The molecule has 1 heterocycles. The summed E-state index contributed by atoms with van der Waals surface area (Å²) in [5.74, 6) is -1.99. The van der Waals surface area contributed by atoms with Crippen molar-refractivity contribution in [2.75, 3.05) is 12.3 Å². The Kier molecular flexibility index (Phi) is 8.82. The van der Waals surface area contributed by atoms with E-state index in [-0.39, 0.29) is 45.6 Å². The Labute approximate surface area is 204 Å². The minimum absolute atomic E-state index is 0.0466. The maximum Gasteiger partial charge on any atom is 0.348 e. The highest BCUT2D eigenvalue weighted by Crippen LogP contribution is 2.32. The zero-order valence-electron chi connectivity index (χ0n) is 20.4. The minimum Gasteiger partial charge on any atom is -0.462 e. The summed E-state index contributed by atoms with van der Waals surface area (Å²) in [4.78, 5) is 38.0. The number of rotatable bonds is 8. The number of carbonyl (C=O) groups excluding carboxylic acids is 3. The quantitative estimate of drug-likeness (QED) is 0.536. The van der Waals surface area contributed by atoms with Gasteiger partial charge >= 0.3 is 11.9 Å². The smallest absolute Gasteiger partial charge is 0.348 e. The third-order valence-corrected chi connectivity index (χ3v) is 6.23. The number of benzene rings is 1. The summed E-state index contributed by atoms with van der Waals surface area (Å²) >= 11 is 0.910. The first-order valence-electron chi connectivity index (χ1n) is 11.0. The van der Waals surface area contributed by atoms with Crippen molar-refractivity contribution >= 4 is 34.2 Å². The zero-order valence-corrected chi connectivity index (χ0v) is 21.2. The largest absolute Gasteiger partial charge is 0.462 e. The molecular weight excluding hydrogens is 454 g/mol. The number of esters is 2. The van der Waals surface area contributed by atoms with E-state index in [2.05, 4.69) is 26.1 Å². The first-order chi connectivity index (χ1) is 15.9. The van der Waals surface area contributed by atoms with Crippen LogP contribution in [-0.2, 0) is 26.3 Å². The van der Waals surface area contributed by atoms with Crippen molar-refractivity contribution in [2.24, 2.45) is 5.92 Å². The summed E-state index contributed by atoms with van der Waals surface area (Å²) in [6.07, 6.45) is 0. The molecule has 0 saturated carbocycles. The first-order valence-corrected chi connectivity index (χ1v) is 11.8. The number of amides is 1. The number of nitrogens with zero attached hydrogens (tertiary/aromatic N) is 1. The fourth-order valence-corrected chi connectivity index (χ4v) is 4.10. The van der Waals surface area contributed by atoms with Crippen LogP contribution in [0.15, 0.2) is 24.3 Å². The molecular formula is C25H31N3O5S. The molecule has 1 atom stereocenters. The Hall–Kier alpha value is -3.38. The Bertz CT molecular complexity index is 1090. The van der Waals surface area contributed by atoms with Gasteiger partial charge in [0.05, 0.1) is 12.2 Å². The number of hydrogen-bond donors (Lipinski definition) is 2. The van der Waals surface area contributed by atoms with Gasteiger partial charge in [0.15, 0.2) is 0 Å². The summed E-state index contributed by atoms with van der Waals surface area (Å²) in [5, 5.41) is 12.3.